The number of aliphatic hydroxyl groups excluding tert-OH is 2. The number of hydrogen-bond acceptors (Lipinski definition) is 8. The number of rotatable bonds is 14. The van der Waals surface area contributed by atoms with Crippen LogP contribution in [-0.4, -0.2) is 59.3 Å². The van der Waals surface area contributed by atoms with Gasteiger partial charge in [0.25, 0.3) is 0 Å². The molecular weight excluding hydrogens is 530 g/mol. The Morgan fingerprint density at radius 1 is 1.12 bits per heavy atom. The molecule has 9 heteroatoms. The SMILES string of the molecule is CCCCC[C@H](O)c1ccc(N2C(=O)CC[C@@H]2CCCc2ccc(C(=O)OC[C@H]3OC(C)(C)O[C@@H]3CO)s2)cc1. The van der Waals surface area contributed by atoms with E-state index in [1.54, 1.807) is 19.9 Å². The third-order valence-electron chi connectivity index (χ3n) is 7.63. The Morgan fingerprint density at radius 3 is 2.60 bits per heavy atom. The van der Waals surface area contributed by atoms with Crippen LogP contribution >= 0.6 is 11.3 Å². The van der Waals surface area contributed by atoms with Gasteiger partial charge < -0.3 is 29.3 Å². The Labute approximate surface area is 241 Å². The van der Waals surface area contributed by atoms with Gasteiger partial charge in [-0.2, -0.15) is 0 Å². The summed E-state index contributed by atoms with van der Waals surface area (Å²) in [5.74, 6) is -1.08. The number of ether oxygens (including phenoxy) is 3. The quantitative estimate of drug-likeness (QED) is 0.226. The Kier molecular flexibility index (Phi) is 10.8. The Bertz CT molecular complexity index is 1120. The summed E-state index contributed by atoms with van der Waals surface area (Å²) in [6, 6.07) is 11.7. The lowest BCUT2D eigenvalue weighted by atomic mass is 10.0. The van der Waals surface area contributed by atoms with E-state index >= 15 is 0 Å². The first-order valence-corrected chi connectivity index (χ1v) is 15.3. The molecule has 0 radical (unpaired) electrons. The Balaban J connectivity index is 1.25. The van der Waals surface area contributed by atoms with Crippen LogP contribution in [-0.2, 0) is 25.4 Å². The minimum atomic E-state index is -0.820. The fraction of sp³-hybridized carbons (Fsp3) is 0.613. The van der Waals surface area contributed by atoms with Gasteiger partial charge >= 0.3 is 5.97 Å². The average molecular weight is 574 g/mol. The van der Waals surface area contributed by atoms with Crippen LogP contribution in [0.2, 0.25) is 0 Å². The zero-order chi connectivity index (χ0) is 28.7. The van der Waals surface area contributed by atoms with Gasteiger partial charge in [0, 0.05) is 23.0 Å². The molecule has 0 aliphatic carbocycles. The van der Waals surface area contributed by atoms with Gasteiger partial charge in [0.15, 0.2) is 5.79 Å². The molecule has 2 saturated heterocycles. The molecule has 0 bridgehead atoms. The van der Waals surface area contributed by atoms with E-state index < -0.39 is 30.1 Å². The van der Waals surface area contributed by atoms with Gasteiger partial charge in [-0.05, 0) is 75.8 Å². The highest BCUT2D eigenvalue weighted by Gasteiger charge is 2.41. The number of carbonyl (C=O) groups is 2. The zero-order valence-corrected chi connectivity index (χ0v) is 24.7. The number of aryl methyl sites for hydroxylation is 1. The summed E-state index contributed by atoms with van der Waals surface area (Å²) in [5.41, 5.74) is 1.79. The van der Waals surface area contributed by atoms with E-state index in [0.717, 1.165) is 67.5 Å². The van der Waals surface area contributed by atoms with Crippen molar-refractivity contribution in [3.63, 3.8) is 0 Å². The molecule has 8 nitrogen and oxygen atoms in total. The molecule has 0 spiro atoms. The number of aliphatic hydroxyl groups is 2. The minimum Gasteiger partial charge on any atom is -0.459 e. The van der Waals surface area contributed by atoms with Crippen LogP contribution in [0.4, 0.5) is 5.69 Å². The number of nitrogens with zero attached hydrogens (tertiary/aromatic N) is 1. The first kappa shape index (κ1) is 30.7. The number of unbranched alkanes of at least 4 members (excludes halogenated alkanes) is 2. The number of benzene rings is 1. The van der Waals surface area contributed by atoms with Gasteiger partial charge in [-0.3, -0.25) is 4.79 Å². The lowest BCUT2D eigenvalue weighted by Gasteiger charge is -2.25. The maximum atomic E-state index is 12.7. The summed E-state index contributed by atoms with van der Waals surface area (Å²) in [7, 11) is 0. The van der Waals surface area contributed by atoms with Crippen molar-refractivity contribution in [1.82, 2.24) is 0 Å². The van der Waals surface area contributed by atoms with E-state index in [2.05, 4.69) is 6.92 Å². The Hall–Kier alpha value is -2.30. The number of anilines is 1. The number of carbonyl (C=O) groups excluding carboxylic acids is 2. The summed E-state index contributed by atoms with van der Waals surface area (Å²) in [6.45, 7) is 5.50. The molecule has 4 atom stereocenters. The van der Waals surface area contributed by atoms with Crippen molar-refractivity contribution < 1.29 is 34.0 Å². The highest BCUT2D eigenvalue weighted by Crippen LogP contribution is 2.32. The van der Waals surface area contributed by atoms with E-state index in [0.29, 0.717) is 11.3 Å². The highest BCUT2D eigenvalue weighted by molar-refractivity contribution is 7.13. The topological polar surface area (TPSA) is 106 Å². The number of hydrogen-bond donors (Lipinski definition) is 2. The molecule has 40 heavy (non-hydrogen) atoms. The van der Waals surface area contributed by atoms with Crippen molar-refractivity contribution in [2.75, 3.05) is 18.1 Å². The number of thiophene rings is 1. The molecular formula is C31H43NO7S. The van der Waals surface area contributed by atoms with Crippen LogP contribution in [0.3, 0.4) is 0 Å². The molecule has 220 valence electrons. The van der Waals surface area contributed by atoms with E-state index in [9.17, 15) is 19.8 Å². The molecule has 2 N–H and O–H groups in total. The van der Waals surface area contributed by atoms with E-state index in [4.69, 9.17) is 14.2 Å². The normalized spacial score (nSPS) is 23.1. The van der Waals surface area contributed by atoms with Gasteiger partial charge in [-0.1, -0.05) is 38.3 Å². The van der Waals surface area contributed by atoms with Gasteiger partial charge in [-0.25, -0.2) is 4.79 Å². The molecule has 0 unspecified atom stereocenters. The average Bonchev–Trinajstić information content (AvgIpc) is 3.64. The molecule has 2 aromatic rings. The van der Waals surface area contributed by atoms with Gasteiger partial charge in [0.2, 0.25) is 5.91 Å². The second-order valence-electron chi connectivity index (χ2n) is 11.2. The van der Waals surface area contributed by atoms with Crippen molar-refractivity contribution in [2.24, 2.45) is 0 Å². The first-order chi connectivity index (χ1) is 19.2. The molecule has 1 aromatic heterocycles. The van der Waals surface area contributed by atoms with Crippen LogP contribution < -0.4 is 4.90 Å². The lowest BCUT2D eigenvalue weighted by Crippen LogP contribution is -2.32. The molecule has 2 fully saturated rings. The fourth-order valence-corrected chi connectivity index (χ4v) is 6.49. The van der Waals surface area contributed by atoms with Crippen molar-refractivity contribution in [3.8, 4) is 0 Å². The van der Waals surface area contributed by atoms with Gasteiger partial charge in [0.1, 0.15) is 23.7 Å². The third kappa shape index (κ3) is 7.91. The molecule has 1 aromatic carbocycles. The van der Waals surface area contributed by atoms with Crippen molar-refractivity contribution >= 4 is 28.9 Å². The molecule has 0 saturated carbocycles. The van der Waals surface area contributed by atoms with Crippen LogP contribution in [0, 0.1) is 0 Å². The predicted octanol–water partition coefficient (Wildman–Crippen LogP) is 5.55. The second kappa shape index (κ2) is 14.0. The van der Waals surface area contributed by atoms with Crippen molar-refractivity contribution in [2.45, 2.75) is 109 Å². The summed E-state index contributed by atoms with van der Waals surface area (Å²) in [4.78, 5) is 28.9. The highest BCUT2D eigenvalue weighted by atomic mass is 32.1. The Morgan fingerprint density at radius 2 is 1.88 bits per heavy atom. The van der Waals surface area contributed by atoms with E-state index in [1.807, 2.05) is 35.2 Å². The van der Waals surface area contributed by atoms with Crippen molar-refractivity contribution in [3.05, 3.63) is 51.7 Å². The fourth-order valence-electron chi connectivity index (χ4n) is 5.55. The predicted molar refractivity (Wildman–Crippen MR) is 155 cm³/mol. The molecule has 1 amide bonds. The standard InChI is InChI=1S/C31H43NO7S/c1-4-5-6-10-25(34)21-11-13-23(14-12-21)32-22(15-18-29(32)35)8-7-9-24-16-17-28(40-24)30(36)37-20-27-26(19-33)38-31(2,3)39-27/h11-14,16-17,22,25-27,33-34H,4-10,15,18-20H2,1-3H3/t22-,25-,26+,27+/m0/s1. The molecule has 2 aliphatic heterocycles. The summed E-state index contributed by atoms with van der Waals surface area (Å²) in [6.07, 6.45) is 6.49. The summed E-state index contributed by atoms with van der Waals surface area (Å²) in [5, 5.41) is 20.0. The molecule has 4 rings (SSSR count). The van der Waals surface area contributed by atoms with Crippen LogP contribution in [0.1, 0.15) is 98.4 Å². The van der Waals surface area contributed by atoms with Crippen molar-refractivity contribution in [1.29, 1.82) is 0 Å². The summed E-state index contributed by atoms with van der Waals surface area (Å²) < 4.78 is 16.8. The zero-order valence-electron chi connectivity index (χ0n) is 23.8. The van der Waals surface area contributed by atoms with Crippen LogP contribution in [0.15, 0.2) is 36.4 Å². The smallest absolute Gasteiger partial charge is 0.348 e. The van der Waals surface area contributed by atoms with Gasteiger partial charge in [-0.15, -0.1) is 11.3 Å². The maximum absolute atomic E-state index is 12.7. The largest absolute Gasteiger partial charge is 0.459 e. The second-order valence-corrected chi connectivity index (χ2v) is 12.4. The van der Waals surface area contributed by atoms with Gasteiger partial charge in [0.05, 0.1) is 12.7 Å². The minimum absolute atomic E-state index is 0.0189. The number of esters is 1. The van der Waals surface area contributed by atoms with E-state index in [1.165, 1.54) is 11.3 Å². The third-order valence-corrected chi connectivity index (χ3v) is 8.75. The van der Waals surface area contributed by atoms with Crippen LogP contribution in [0.25, 0.3) is 0 Å². The van der Waals surface area contributed by atoms with E-state index in [-0.39, 0.29) is 25.2 Å². The van der Waals surface area contributed by atoms with Crippen LogP contribution in [0.5, 0.6) is 0 Å². The molecule has 3 heterocycles. The lowest BCUT2D eigenvalue weighted by molar-refractivity contribution is -0.151. The first-order valence-electron chi connectivity index (χ1n) is 14.5. The summed E-state index contributed by atoms with van der Waals surface area (Å²) >= 11 is 1.42. The monoisotopic (exact) mass is 573 g/mol. The number of amides is 1. The maximum Gasteiger partial charge on any atom is 0.348 e. The molecule has 2 aliphatic rings.